The number of carbonyl (C=O) groups excluding carboxylic acids is 1. The molecule has 2 aromatic carbocycles. The first-order chi connectivity index (χ1) is 12.4. The number of benzene rings is 2. The summed E-state index contributed by atoms with van der Waals surface area (Å²) in [5.41, 5.74) is 0.855. The summed E-state index contributed by atoms with van der Waals surface area (Å²) in [4.78, 5) is 14.4. The number of hydrogen-bond acceptors (Lipinski definition) is 3. The number of carbonyl (C=O) groups is 1. The van der Waals surface area contributed by atoms with Crippen molar-refractivity contribution in [1.29, 1.82) is 0 Å². The Balaban J connectivity index is 1.73. The highest BCUT2D eigenvalue weighted by Crippen LogP contribution is 2.29. The average Bonchev–Trinajstić information content (AvgIpc) is 2.68. The Morgan fingerprint density at radius 2 is 1.85 bits per heavy atom. The maximum absolute atomic E-state index is 14.6. The minimum absolute atomic E-state index is 0.0862. The molecule has 5 heteroatoms. The second kappa shape index (κ2) is 7.56. The fraction of sp³-hybridized carbons (Fsp3) is 0.381. The van der Waals surface area contributed by atoms with Crippen LogP contribution in [0.2, 0.25) is 0 Å². The van der Waals surface area contributed by atoms with Gasteiger partial charge in [0.05, 0.1) is 18.1 Å². The molecule has 1 aliphatic rings. The monoisotopic (exact) mass is 357 g/mol. The van der Waals surface area contributed by atoms with Crippen LogP contribution in [0.25, 0.3) is 11.1 Å². The van der Waals surface area contributed by atoms with Crippen molar-refractivity contribution in [3.63, 3.8) is 0 Å². The molecule has 0 radical (unpaired) electrons. The zero-order valence-corrected chi connectivity index (χ0v) is 14.9. The van der Waals surface area contributed by atoms with Gasteiger partial charge in [-0.2, -0.15) is 0 Å². The van der Waals surface area contributed by atoms with E-state index in [1.54, 1.807) is 24.0 Å². The van der Waals surface area contributed by atoms with Crippen LogP contribution in [0.4, 0.5) is 4.39 Å². The first-order valence-corrected chi connectivity index (χ1v) is 8.90. The lowest BCUT2D eigenvalue weighted by Gasteiger charge is -2.38. The van der Waals surface area contributed by atoms with E-state index in [0.29, 0.717) is 37.1 Å². The van der Waals surface area contributed by atoms with Gasteiger partial charge in [0.1, 0.15) is 5.82 Å². The number of aliphatic hydroxyl groups excluding tert-OH is 1. The molecule has 1 heterocycles. The highest BCUT2D eigenvalue weighted by Gasteiger charge is 2.34. The molecule has 1 saturated heterocycles. The minimum atomic E-state index is -1.09. The molecule has 1 atom stereocenters. The van der Waals surface area contributed by atoms with Crippen LogP contribution in [0.15, 0.2) is 48.5 Å². The van der Waals surface area contributed by atoms with Crippen molar-refractivity contribution >= 4 is 5.91 Å². The molecule has 0 saturated carbocycles. The predicted molar refractivity (Wildman–Crippen MR) is 98.1 cm³/mol. The first kappa shape index (κ1) is 18.5. The van der Waals surface area contributed by atoms with Gasteiger partial charge in [0.15, 0.2) is 0 Å². The molecule has 2 N–H and O–H groups in total. The maximum Gasteiger partial charge on any atom is 0.229 e. The summed E-state index contributed by atoms with van der Waals surface area (Å²) in [6, 6.07) is 14.2. The van der Waals surface area contributed by atoms with Crippen LogP contribution in [-0.4, -0.2) is 46.3 Å². The van der Waals surface area contributed by atoms with E-state index in [4.69, 9.17) is 0 Å². The van der Waals surface area contributed by atoms with E-state index in [-0.39, 0.29) is 18.3 Å². The number of halogens is 1. The van der Waals surface area contributed by atoms with Crippen molar-refractivity contribution in [3.05, 3.63) is 59.9 Å². The fourth-order valence-corrected chi connectivity index (χ4v) is 3.37. The molecule has 138 valence electrons. The van der Waals surface area contributed by atoms with Gasteiger partial charge < -0.3 is 15.1 Å². The predicted octanol–water partition coefficient (Wildman–Crippen LogP) is 2.94. The number of piperidine rings is 1. The summed E-state index contributed by atoms with van der Waals surface area (Å²) >= 11 is 0. The second-order valence-electron chi connectivity index (χ2n) is 7.03. The quantitative estimate of drug-likeness (QED) is 0.884. The first-order valence-electron chi connectivity index (χ1n) is 8.90. The number of rotatable bonds is 4. The molecule has 1 aliphatic heterocycles. The maximum atomic E-state index is 14.6. The lowest BCUT2D eigenvalue weighted by Crippen LogP contribution is -2.49. The molecule has 0 bridgehead atoms. The van der Waals surface area contributed by atoms with E-state index in [1.165, 1.54) is 6.07 Å². The van der Waals surface area contributed by atoms with Gasteiger partial charge in [0.2, 0.25) is 5.91 Å². The lowest BCUT2D eigenvalue weighted by atomic mass is 9.90. The third-order valence-electron chi connectivity index (χ3n) is 5.25. The van der Waals surface area contributed by atoms with Crippen molar-refractivity contribution in [2.45, 2.75) is 31.3 Å². The Morgan fingerprint density at radius 1 is 1.19 bits per heavy atom. The lowest BCUT2D eigenvalue weighted by molar-refractivity contribution is -0.138. The molecular weight excluding hydrogens is 333 g/mol. The standard InChI is InChI=1S/C21H24FNO3/c1-15(20(25)23-11-9-21(26,14-24)10-12-23)17-7-8-18(19(22)13-17)16-5-3-2-4-6-16/h2-8,13,15,24,26H,9-12,14H2,1H3/t15-/m1/s1. The molecule has 1 fully saturated rings. The van der Waals surface area contributed by atoms with Crippen LogP contribution in [0.1, 0.15) is 31.2 Å². The van der Waals surface area contributed by atoms with Gasteiger partial charge in [-0.15, -0.1) is 0 Å². The Labute approximate surface area is 152 Å². The number of nitrogens with zero attached hydrogens (tertiary/aromatic N) is 1. The van der Waals surface area contributed by atoms with Gasteiger partial charge in [-0.05, 0) is 37.0 Å². The molecule has 3 rings (SSSR count). The topological polar surface area (TPSA) is 60.8 Å². The van der Waals surface area contributed by atoms with Gasteiger partial charge in [0, 0.05) is 18.7 Å². The van der Waals surface area contributed by atoms with E-state index in [2.05, 4.69) is 0 Å². The van der Waals surface area contributed by atoms with Crippen molar-refractivity contribution in [1.82, 2.24) is 4.90 Å². The summed E-state index contributed by atoms with van der Waals surface area (Å²) in [7, 11) is 0. The Hall–Kier alpha value is -2.24. The molecule has 0 aromatic heterocycles. The number of aliphatic hydroxyl groups is 2. The second-order valence-corrected chi connectivity index (χ2v) is 7.03. The summed E-state index contributed by atoms with van der Waals surface area (Å²) in [5, 5.41) is 19.3. The Bertz CT molecular complexity index is 770. The van der Waals surface area contributed by atoms with Crippen molar-refractivity contribution in [3.8, 4) is 11.1 Å². The normalized spacial score (nSPS) is 17.8. The molecule has 0 spiro atoms. The highest BCUT2D eigenvalue weighted by atomic mass is 19.1. The van der Waals surface area contributed by atoms with Gasteiger partial charge >= 0.3 is 0 Å². The molecule has 0 unspecified atom stereocenters. The Morgan fingerprint density at radius 3 is 2.42 bits per heavy atom. The zero-order chi connectivity index (χ0) is 18.7. The van der Waals surface area contributed by atoms with Crippen LogP contribution in [0, 0.1) is 5.82 Å². The Kier molecular flexibility index (Phi) is 5.39. The van der Waals surface area contributed by atoms with Gasteiger partial charge in [-0.3, -0.25) is 4.79 Å². The summed E-state index contributed by atoms with van der Waals surface area (Å²) < 4.78 is 14.6. The van der Waals surface area contributed by atoms with Crippen molar-refractivity contribution < 1.29 is 19.4 Å². The fourth-order valence-electron chi connectivity index (χ4n) is 3.37. The molecule has 2 aromatic rings. The molecule has 1 amide bonds. The highest BCUT2D eigenvalue weighted by molar-refractivity contribution is 5.83. The minimum Gasteiger partial charge on any atom is -0.393 e. The molecule has 4 nitrogen and oxygen atoms in total. The number of likely N-dealkylation sites (tertiary alicyclic amines) is 1. The third-order valence-corrected chi connectivity index (χ3v) is 5.25. The number of hydrogen-bond donors (Lipinski definition) is 2. The van der Waals surface area contributed by atoms with Crippen LogP contribution in [0.5, 0.6) is 0 Å². The molecule has 0 aliphatic carbocycles. The van der Waals surface area contributed by atoms with E-state index >= 15 is 0 Å². The van der Waals surface area contributed by atoms with E-state index < -0.39 is 11.5 Å². The van der Waals surface area contributed by atoms with Crippen LogP contribution < -0.4 is 0 Å². The van der Waals surface area contributed by atoms with Crippen LogP contribution in [-0.2, 0) is 4.79 Å². The van der Waals surface area contributed by atoms with Gasteiger partial charge in [0.25, 0.3) is 0 Å². The smallest absolute Gasteiger partial charge is 0.229 e. The van der Waals surface area contributed by atoms with E-state index in [9.17, 15) is 19.4 Å². The van der Waals surface area contributed by atoms with Gasteiger partial charge in [-0.25, -0.2) is 4.39 Å². The summed E-state index contributed by atoms with van der Waals surface area (Å²) in [6.45, 7) is 2.26. The van der Waals surface area contributed by atoms with Crippen LogP contribution >= 0.6 is 0 Å². The van der Waals surface area contributed by atoms with Crippen LogP contribution in [0.3, 0.4) is 0 Å². The molecule has 26 heavy (non-hydrogen) atoms. The summed E-state index contributed by atoms with van der Waals surface area (Å²) in [5.74, 6) is -0.895. The van der Waals surface area contributed by atoms with Crippen molar-refractivity contribution in [2.75, 3.05) is 19.7 Å². The van der Waals surface area contributed by atoms with E-state index in [1.807, 2.05) is 30.3 Å². The SMILES string of the molecule is C[C@@H](C(=O)N1CCC(O)(CO)CC1)c1ccc(-c2ccccc2)c(F)c1. The van der Waals surface area contributed by atoms with Gasteiger partial charge in [-0.1, -0.05) is 42.5 Å². The largest absolute Gasteiger partial charge is 0.393 e. The average molecular weight is 357 g/mol. The van der Waals surface area contributed by atoms with E-state index in [0.717, 1.165) is 5.56 Å². The molecular formula is C21H24FNO3. The van der Waals surface area contributed by atoms with Crippen molar-refractivity contribution in [2.24, 2.45) is 0 Å². The summed E-state index contributed by atoms with van der Waals surface area (Å²) in [6.07, 6.45) is 0.701. The zero-order valence-electron chi connectivity index (χ0n) is 14.9. The third kappa shape index (κ3) is 3.79. The number of amides is 1.